The molecule has 1 saturated heterocycles. The molecule has 1 N–H and O–H groups in total. The minimum Gasteiger partial charge on any atom is -0.497 e. The zero-order valence-corrected chi connectivity index (χ0v) is 19.2. The first kappa shape index (κ1) is 18.9. The van der Waals surface area contributed by atoms with Gasteiger partial charge in [0.15, 0.2) is 0 Å². The lowest BCUT2D eigenvalue weighted by Crippen LogP contribution is -2.54. The molecule has 2 aliphatic carbocycles. The Balaban J connectivity index is 1.44. The quantitative estimate of drug-likeness (QED) is 0.535. The molecule has 4 heteroatoms. The molecular weight excluding hydrogens is 436 g/mol. The van der Waals surface area contributed by atoms with E-state index >= 15 is 0 Å². The fourth-order valence-corrected chi connectivity index (χ4v) is 6.46. The van der Waals surface area contributed by atoms with Crippen LogP contribution in [-0.4, -0.2) is 36.6 Å². The Bertz CT molecular complexity index is 1100. The number of halogens is 1. The predicted molar refractivity (Wildman–Crippen MR) is 125 cm³/mol. The van der Waals surface area contributed by atoms with Crippen molar-refractivity contribution in [2.24, 2.45) is 11.8 Å². The zero-order chi connectivity index (χ0) is 20.3. The second-order valence-corrected chi connectivity index (χ2v) is 10.6. The van der Waals surface area contributed by atoms with Gasteiger partial charge in [-0.3, -0.25) is 0 Å². The van der Waals surface area contributed by atoms with Crippen LogP contribution in [0.25, 0.3) is 10.9 Å². The van der Waals surface area contributed by atoms with E-state index in [1.54, 1.807) is 12.7 Å². The molecular formula is C26H29BrN2O. The van der Waals surface area contributed by atoms with Crippen molar-refractivity contribution in [2.45, 2.75) is 37.5 Å². The van der Waals surface area contributed by atoms with Crippen LogP contribution in [0.5, 0.6) is 5.75 Å². The maximum Gasteiger partial charge on any atom is 0.119 e. The van der Waals surface area contributed by atoms with Crippen LogP contribution in [0.15, 0.2) is 46.9 Å². The summed E-state index contributed by atoms with van der Waals surface area (Å²) in [4.78, 5) is 6.55. The standard InChI is InChI=1S/C26H29BrN2O/c1-30-21-4-2-3-18(11-21)26-9-10-29(15-17-5-6-17)16-19(26)12-22-23-13-20(27)7-8-24(23)28-25(22)14-26/h2-4,7-8,11,13,17,19,28H,5-6,9-10,12,14-16H2,1H3. The number of hydrogen-bond donors (Lipinski definition) is 1. The topological polar surface area (TPSA) is 28.3 Å². The molecule has 0 bridgehead atoms. The highest BCUT2D eigenvalue weighted by atomic mass is 79.9. The van der Waals surface area contributed by atoms with Crippen LogP contribution in [-0.2, 0) is 18.3 Å². The van der Waals surface area contributed by atoms with E-state index in [-0.39, 0.29) is 5.41 Å². The lowest BCUT2D eigenvalue weighted by Gasteiger charge is -2.51. The molecule has 2 heterocycles. The molecule has 3 aromatic rings. The fraction of sp³-hybridized carbons (Fsp3) is 0.462. The molecule has 0 spiro atoms. The van der Waals surface area contributed by atoms with Gasteiger partial charge in [0.2, 0.25) is 0 Å². The lowest BCUT2D eigenvalue weighted by atomic mass is 9.58. The molecule has 0 radical (unpaired) electrons. The van der Waals surface area contributed by atoms with Gasteiger partial charge < -0.3 is 14.6 Å². The first-order valence-corrected chi connectivity index (χ1v) is 12.1. The second kappa shape index (κ2) is 7.13. The van der Waals surface area contributed by atoms with Crippen LogP contribution < -0.4 is 4.74 Å². The van der Waals surface area contributed by atoms with Gasteiger partial charge in [-0.05, 0) is 91.9 Å². The molecule has 0 amide bonds. The summed E-state index contributed by atoms with van der Waals surface area (Å²) in [6.07, 6.45) is 6.36. The van der Waals surface area contributed by atoms with Crippen molar-refractivity contribution in [1.82, 2.24) is 9.88 Å². The van der Waals surface area contributed by atoms with E-state index < -0.39 is 0 Å². The predicted octanol–water partition coefficient (Wildman–Crippen LogP) is 5.71. The summed E-state index contributed by atoms with van der Waals surface area (Å²) >= 11 is 3.68. The maximum absolute atomic E-state index is 5.61. The third-order valence-corrected chi connectivity index (χ3v) is 8.38. The Hall–Kier alpha value is -1.78. The van der Waals surface area contributed by atoms with Crippen molar-refractivity contribution in [3.8, 4) is 5.75 Å². The number of benzene rings is 2. The molecule has 1 aromatic heterocycles. The van der Waals surface area contributed by atoms with Crippen LogP contribution in [0, 0.1) is 11.8 Å². The molecule has 6 rings (SSSR count). The van der Waals surface area contributed by atoms with Gasteiger partial charge >= 0.3 is 0 Å². The number of hydrogen-bond acceptors (Lipinski definition) is 2. The van der Waals surface area contributed by atoms with Crippen molar-refractivity contribution in [2.75, 3.05) is 26.7 Å². The Morgan fingerprint density at radius 2 is 2.10 bits per heavy atom. The summed E-state index contributed by atoms with van der Waals surface area (Å²) in [7, 11) is 1.78. The third-order valence-electron chi connectivity index (χ3n) is 7.89. The smallest absolute Gasteiger partial charge is 0.119 e. The van der Waals surface area contributed by atoms with Crippen molar-refractivity contribution in [3.63, 3.8) is 0 Å². The number of aromatic amines is 1. The van der Waals surface area contributed by atoms with Gasteiger partial charge in [0.25, 0.3) is 0 Å². The SMILES string of the molecule is COc1cccc(C23CCN(CC4CC4)CC2Cc2c([nH]c4ccc(Br)cc24)C3)c1. The number of methoxy groups -OCH3 is 1. The van der Waals surface area contributed by atoms with Crippen LogP contribution in [0.2, 0.25) is 0 Å². The Labute approximate surface area is 186 Å². The molecule has 2 atom stereocenters. The first-order chi connectivity index (χ1) is 14.6. The third kappa shape index (κ3) is 3.11. The Morgan fingerprint density at radius 1 is 1.20 bits per heavy atom. The van der Waals surface area contributed by atoms with Crippen molar-refractivity contribution >= 4 is 26.8 Å². The Morgan fingerprint density at radius 3 is 2.93 bits per heavy atom. The van der Waals surface area contributed by atoms with Gasteiger partial charge in [-0.1, -0.05) is 28.1 Å². The van der Waals surface area contributed by atoms with Crippen LogP contribution in [0.1, 0.15) is 36.1 Å². The highest BCUT2D eigenvalue weighted by molar-refractivity contribution is 9.10. The number of likely N-dealkylation sites (tertiary alicyclic amines) is 1. The number of rotatable bonds is 4. The number of aromatic nitrogens is 1. The van der Waals surface area contributed by atoms with E-state index in [1.807, 2.05) is 0 Å². The minimum absolute atomic E-state index is 0.194. The number of H-pyrrole nitrogens is 1. The number of nitrogens with one attached hydrogen (secondary N) is 1. The van der Waals surface area contributed by atoms with Gasteiger partial charge in [0.1, 0.15) is 5.75 Å². The average molecular weight is 465 g/mol. The number of ether oxygens (including phenoxy) is 1. The minimum atomic E-state index is 0.194. The average Bonchev–Trinajstić information content (AvgIpc) is 3.52. The van der Waals surface area contributed by atoms with Gasteiger partial charge in [-0.2, -0.15) is 0 Å². The number of nitrogens with zero attached hydrogens (tertiary/aromatic N) is 1. The normalized spacial score (nSPS) is 26.4. The molecule has 2 fully saturated rings. The van der Waals surface area contributed by atoms with Gasteiger partial charge in [-0.25, -0.2) is 0 Å². The van der Waals surface area contributed by atoms with Gasteiger partial charge in [0.05, 0.1) is 7.11 Å². The first-order valence-electron chi connectivity index (χ1n) is 11.3. The summed E-state index contributed by atoms with van der Waals surface area (Å²) in [5.74, 6) is 2.58. The molecule has 1 saturated carbocycles. The van der Waals surface area contributed by atoms with Gasteiger partial charge in [-0.15, -0.1) is 0 Å². The zero-order valence-electron chi connectivity index (χ0n) is 17.6. The highest BCUT2D eigenvalue weighted by Crippen LogP contribution is 2.50. The Kier molecular flexibility index (Phi) is 4.50. The molecule has 30 heavy (non-hydrogen) atoms. The van der Waals surface area contributed by atoms with E-state index in [0.717, 1.165) is 24.5 Å². The summed E-state index contributed by atoms with van der Waals surface area (Å²) in [6, 6.07) is 15.6. The van der Waals surface area contributed by atoms with Crippen LogP contribution in [0.3, 0.4) is 0 Å². The number of fused-ring (bicyclic) bond motifs is 4. The number of piperidine rings is 1. The van der Waals surface area contributed by atoms with Crippen molar-refractivity contribution in [3.05, 3.63) is 63.8 Å². The van der Waals surface area contributed by atoms with Crippen molar-refractivity contribution in [1.29, 1.82) is 0 Å². The molecule has 1 aliphatic heterocycles. The lowest BCUT2D eigenvalue weighted by molar-refractivity contribution is 0.0783. The molecule has 3 nitrogen and oxygen atoms in total. The molecule has 3 aliphatic rings. The summed E-state index contributed by atoms with van der Waals surface area (Å²) in [5.41, 5.74) is 5.92. The summed E-state index contributed by atoms with van der Waals surface area (Å²) < 4.78 is 6.78. The van der Waals surface area contributed by atoms with Crippen molar-refractivity contribution < 1.29 is 4.74 Å². The van der Waals surface area contributed by atoms with E-state index in [2.05, 4.69) is 68.3 Å². The van der Waals surface area contributed by atoms with Gasteiger partial charge in [0, 0.05) is 39.6 Å². The molecule has 156 valence electrons. The molecule has 2 aromatic carbocycles. The van der Waals surface area contributed by atoms with Crippen LogP contribution in [0.4, 0.5) is 0 Å². The van der Waals surface area contributed by atoms with E-state index in [9.17, 15) is 0 Å². The van der Waals surface area contributed by atoms with E-state index in [0.29, 0.717) is 5.92 Å². The highest BCUT2D eigenvalue weighted by Gasteiger charge is 2.48. The van der Waals surface area contributed by atoms with E-state index in [1.165, 1.54) is 65.5 Å². The molecule has 2 unspecified atom stereocenters. The second-order valence-electron chi connectivity index (χ2n) is 9.69. The maximum atomic E-state index is 5.61. The summed E-state index contributed by atoms with van der Waals surface area (Å²) in [5, 5.41) is 1.40. The van der Waals surface area contributed by atoms with Crippen LogP contribution >= 0.6 is 15.9 Å². The van der Waals surface area contributed by atoms with E-state index in [4.69, 9.17) is 4.74 Å². The largest absolute Gasteiger partial charge is 0.497 e. The fourth-order valence-electron chi connectivity index (χ4n) is 6.10. The monoisotopic (exact) mass is 464 g/mol. The summed E-state index contributed by atoms with van der Waals surface area (Å²) in [6.45, 7) is 3.73.